The lowest BCUT2D eigenvalue weighted by molar-refractivity contribution is 0.0573. The van der Waals surface area contributed by atoms with Gasteiger partial charge in [0, 0.05) is 13.1 Å². The third-order valence-corrected chi connectivity index (χ3v) is 2.69. The molecule has 94 valence electrons. The summed E-state index contributed by atoms with van der Waals surface area (Å²) in [5, 5.41) is 0. The van der Waals surface area contributed by atoms with Crippen molar-refractivity contribution in [2.24, 2.45) is 0 Å². The van der Waals surface area contributed by atoms with Gasteiger partial charge in [-0.1, -0.05) is 0 Å². The Bertz CT molecular complexity index is 431. The Balaban J connectivity index is 2.21. The van der Waals surface area contributed by atoms with E-state index in [4.69, 9.17) is 4.74 Å². The number of hydrogen-bond acceptors (Lipinski definition) is 3. The Morgan fingerprint density at radius 1 is 1.41 bits per heavy atom. The fraction of sp³-hybridized carbons (Fsp3) is 0.667. The quantitative estimate of drug-likeness (QED) is 0.695. The maximum atomic E-state index is 12.0. The molecule has 1 aromatic heterocycles. The second-order valence-electron chi connectivity index (χ2n) is 5.30. The van der Waals surface area contributed by atoms with Gasteiger partial charge in [0.15, 0.2) is 0 Å². The van der Waals surface area contributed by atoms with Crippen LogP contribution in [-0.4, -0.2) is 27.8 Å². The van der Waals surface area contributed by atoms with Crippen LogP contribution < -0.4 is 4.90 Å². The molecular formula is C12H19N3O2. The number of anilines is 1. The van der Waals surface area contributed by atoms with Gasteiger partial charge in [-0.3, -0.25) is 4.90 Å². The standard InChI is InChI=1S/C12H19N3O2/c1-9-13-8-10-14(9)6-5-7-15(10)11(16)17-12(2,3)4/h8H,5-7H2,1-4H3. The molecule has 1 aromatic rings. The zero-order valence-corrected chi connectivity index (χ0v) is 10.9. The van der Waals surface area contributed by atoms with Gasteiger partial charge in [-0.05, 0) is 34.1 Å². The summed E-state index contributed by atoms with van der Waals surface area (Å²) in [6, 6.07) is 0. The van der Waals surface area contributed by atoms with E-state index in [2.05, 4.69) is 4.98 Å². The predicted molar refractivity (Wildman–Crippen MR) is 65.2 cm³/mol. The number of fused-ring (bicyclic) bond motifs is 1. The Labute approximate surface area is 101 Å². The lowest BCUT2D eigenvalue weighted by Gasteiger charge is -2.30. The van der Waals surface area contributed by atoms with Crippen molar-refractivity contribution in [2.75, 3.05) is 11.4 Å². The number of amides is 1. The van der Waals surface area contributed by atoms with Crippen molar-refractivity contribution < 1.29 is 9.53 Å². The number of imidazole rings is 1. The fourth-order valence-electron chi connectivity index (χ4n) is 1.95. The molecule has 5 nitrogen and oxygen atoms in total. The van der Waals surface area contributed by atoms with E-state index in [1.54, 1.807) is 11.1 Å². The third-order valence-electron chi connectivity index (χ3n) is 2.69. The lowest BCUT2D eigenvalue weighted by Crippen LogP contribution is -2.41. The van der Waals surface area contributed by atoms with Crippen LogP contribution in [0.2, 0.25) is 0 Å². The first-order chi connectivity index (χ1) is 7.88. The van der Waals surface area contributed by atoms with E-state index < -0.39 is 5.60 Å². The van der Waals surface area contributed by atoms with E-state index in [-0.39, 0.29) is 6.09 Å². The average Bonchev–Trinajstić information content (AvgIpc) is 2.58. The van der Waals surface area contributed by atoms with Crippen LogP contribution in [0.25, 0.3) is 0 Å². The molecule has 0 spiro atoms. The topological polar surface area (TPSA) is 47.4 Å². The zero-order chi connectivity index (χ0) is 12.6. The molecule has 1 aliphatic heterocycles. The molecule has 0 saturated heterocycles. The van der Waals surface area contributed by atoms with Crippen LogP contribution in [0.1, 0.15) is 33.0 Å². The molecule has 0 aliphatic carbocycles. The highest BCUT2D eigenvalue weighted by atomic mass is 16.6. The summed E-state index contributed by atoms with van der Waals surface area (Å²) in [5.41, 5.74) is -0.464. The van der Waals surface area contributed by atoms with Crippen LogP contribution in [0.5, 0.6) is 0 Å². The van der Waals surface area contributed by atoms with Gasteiger partial charge in [-0.25, -0.2) is 9.78 Å². The van der Waals surface area contributed by atoms with Gasteiger partial charge in [0.1, 0.15) is 17.2 Å². The van der Waals surface area contributed by atoms with Crippen molar-refractivity contribution in [3.8, 4) is 0 Å². The van der Waals surface area contributed by atoms with Crippen LogP contribution in [0.3, 0.4) is 0 Å². The second-order valence-corrected chi connectivity index (χ2v) is 5.30. The summed E-state index contributed by atoms with van der Waals surface area (Å²) in [6.07, 6.45) is 2.38. The third kappa shape index (κ3) is 2.43. The highest BCUT2D eigenvalue weighted by Gasteiger charge is 2.28. The van der Waals surface area contributed by atoms with Crippen LogP contribution in [0.4, 0.5) is 10.6 Å². The number of aromatic nitrogens is 2. The minimum atomic E-state index is -0.464. The SMILES string of the molecule is Cc1ncc2n1CCCN2C(=O)OC(C)(C)C. The molecule has 0 bridgehead atoms. The van der Waals surface area contributed by atoms with Crippen molar-refractivity contribution in [2.45, 2.75) is 46.3 Å². The molecule has 0 aromatic carbocycles. The molecule has 1 aliphatic rings. The molecule has 0 N–H and O–H groups in total. The first-order valence-electron chi connectivity index (χ1n) is 5.91. The maximum Gasteiger partial charge on any atom is 0.415 e. The van der Waals surface area contributed by atoms with Gasteiger partial charge >= 0.3 is 6.09 Å². The van der Waals surface area contributed by atoms with E-state index in [0.29, 0.717) is 6.54 Å². The van der Waals surface area contributed by atoms with Gasteiger partial charge < -0.3 is 9.30 Å². The molecule has 0 radical (unpaired) electrons. The van der Waals surface area contributed by atoms with Gasteiger partial charge in [-0.15, -0.1) is 0 Å². The zero-order valence-electron chi connectivity index (χ0n) is 10.9. The molecule has 0 fully saturated rings. The largest absolute Gasteiger partial charge is 0.443 e. The Morgan fingerprint density at radius 2 is 2.12 bits per heavy atom. The average molecular weight is 237 g/mol. The number of hydrogen-bond donors (Lipinski definition) is 0. The fourth-order valence-corrected chi connectivity index (χ4v) is 1.95. The monoisotopic (exact) mass is 237 g/mol. The summed E-state index contributed by atoms with van der Waals surface area (Å²) in [7, 11) is 0. The lowest BCUT2D eigenvalue weighted by atomic mass is 10.2. The number of aryl methyl sites for hydroxylation is 1. The highest BCUT2D eigenvalue weighted by molar-refractivity contribution is 5.87. The molecule has 2 rings (SSSR count). The molecule has 5 heteroatoms. The summed E-state index contributed by atoms with van der Waals surface area (Å²) >= 11 is 0. The van der Waals surface area contributed by atoms with Gasteiger partial charge in [-0.2, -0.15) is 0 Å². The second kappa shape index (κ2) is 4.05. The predicted octanol–water partition coefficient (Wildman–Crippen LogP) is 2.34. The summed E-state index contributed by atoms with van der Waals surface area (Å²) in [5.74, 6) is 1.77. The minimum Gasteiger partial charge on any atom is -0.443 e. The molecular weight excluding hydrogens is 218 g/mol. The van der Waals surface area contributed by atoms with Crippen molar-refractivity contribution in [3.05, 3.63) is 12.0 Å². The van der Waals surface area contributed by atoms with Crippen LogP contribution in [-0.2, 0) is 11.3 Å². The summed E-state index contributed by atoms with van der Waals surface area (Å²) < 4.78 is 7.44. The number of carbonyl (C=O) groups is 1. The van der Waals surface area contributed by atoms with E-state index in [1.165, 1.54) is 0 Å². The van der Waals surface area contributed by atoms with E-state index >= 15 is 0 Å². The summed E-state index contributed by atoms with van der Waals surface area (Å²) in [4.78, 5) is 18.0. The van der Waals surface area contributed by atoms with Crippen LogP contribution >= 0.6 is 0 Å². The highest BCUT2D eigenvalue weighted by Crippen LogP contribution is 2.24. The van der Waals surface area contributed by atoms with E-state index in [9.17, 15) is 4.79 Å². The molecule has 17 heavy (non-hydrogen) atoms. The molecule has 2 heterocycles. The van der Waals surface area contributed by atoms with Crippen LogP contribution in [0.15, 0.2) is 6.20 Å². The number of nitrogens with zero attached hydrogens (tertiary/aromatic N) is 3. The molecule has 0 atom stereocenters. The minimum absolute atomic E-state index is 0.293. The van der Waals surface area contributed by atoms with E-state index in [0.717, 1.165) is 24.6 Å². The van der Waals surface area contributed by atoms with Gasteiger partial charge in [0.05, 0.1) is 6.20 Å². The number of carbonyl (C=O) groups excluding carboxylic acids is 1. The first kappa shape index (κ1) is 12.0. The summed E-state index contributed by atoms with van der Waals surface area (Å²) in [6.45, 7) is 9.18. The van der Waals surface area contributed by atoms with Crippen molar-refractivity contribution in [1.82, 2.24) is 9.55 Å². The Morgan fingerprint density at radius 3 is 2.76 bits per heavy atom. The van der Waals surface area contributed by atoms with Crippen molar-refractivity contribution in [1.29, 1.82) is 0 Å². The normalized spacial score (nSPS) is 15.6. The molecule has 0 unspecified atom stereocenters. The van der Waals surface area contributed by atoms with E-state index in [1.807, 2.05) is 32.3 Å². The maximum absolute atomic E-state index is 12.0. The smallest absolute Gasteiger partial charge is 0.415 e. The number of rotatable bonds is 0. The molecule has 0 saturated carbocycles. The van der Waals surface area contributed by atoms with Crippen molar-refractivity contribution in [3.63, 3.8) is 0 Å². The Hall–Kier alpha value is -1.52. The first-order valence-corrected chi connectivity index (χ1v) is 5.91. The van der Waals surface area contributed by atoms with Crippen LogP contribution in [0, 0.1) is 6.92 Å². The van der Waals surface area contributed by atoms with Gasteiger partial charge in [0.25, 0.3) is 0 Å². The van der Waals surface area contributed by atoms with Gasteiger partial charge in [0.2, 0.25) is 0 Å². The molecule has 1 amide bonds. The van der Waals surface area contributed by atoms with Crippen molar-refractivity contribution >= 4 is 11.9 Å². The Kier molecular flexibility index (Phi) is 2.85. The number of ether oxygens (including phenoxy) is 1.